The molecule has 1 amide bonds. The van der Waals surface area contributed by atoms with Crippen LogP contribution >= 0.6 is 0 Å². The smallest absolute Gasteiger partial charge is 0.243 e. The van der Waals surface area contributed by atoms with Gasteiger partial charge in [0.25, 0.3) is 0 Å². The van der Waals surface area contributed by atoms with Crippen LogP contribution < -0.4 is 5.32 Å². The van der Waals surface area contributed by atoms with Gasteiger partial charge in [-0.15, -0.1) is 0 Å². The highest BCUT2D eigenvalue weighted by Crippen LogP contribution is 2.14. The Labute approximate surface area is 136 Å². The Morgan fingerprint density at radius 1 is 1.30 bits per heavy atom. The van der Waals surface area contributed by atoms with E-state index in [-0.39, 0.29) is 17.5 Å². The van der Waals surface area contributed by atoms with Gasteiger partial charge in [-0.25, -0.2) is 12.8 Å². The number of rotatable bonds is 9. The van der Waals surface area contributed by atoms with Crippen molar-refractivity contribution in [2.24, 2.45) is 0 Å². The van der Waals surface area contributed by atoms with E-state index in [0.717, 1.165) is 16.4 Å². The summed E-state index contributed by atoms with van der Waals surface area (Å²) < 4.78 is 43.6. The van der Waals surface area contributed by atoms with E-state index in [0.29, 0.717) is 19.6 Å². The number of nitrogens with one attached hydrogen (secondary N) is 1. The summed E-state index contributed by atoms with van der Waals surface area (Å²) >= 11 is 0. The maximum atomic E-state index is 12.9. The van der Waals surface area contributed by atoms with E-state index in [4.69, 9.17) is 4.74 Å². The molecule has 0 saturated heterocycles. The van der Waals surface area contributed by atoms with E-state index >= 15 is 0 Å². The molecule has 0 aliphatic carbocycles. The molecule has 130 valence electrons. The van der Waals surface area contributed by atoms with Crippen LogP contribution in [0.5, 0.6) is 0 Å². The summed E-state index contributed by atoms with van der Waals surface area (Å²) in [4.78, 5) is 11.7. The number of carbonyl (C=O) groups is 1. The number of ether oxygens (including phenoxy) is 1. The second kappa shape index (κ2) is 8.95. The molecule has 1 aromatic carbocycles. The van der Waals surface area contributed by atoms with Gasteiger partial charge in [0.05, 0.1) is 17.5 Å². The highest BCUT2D eigenvalue weighted by molar-refractivity contribution is 7.89. The summed E-state index contributed by atoms with van der Waals surface area (Å²) in [6, 6.07) is 4.47. The highest BCUT2D eigenvalue weighted by Gasteiger charge is 2.22. The Bertz CT molecular complexity index is 602. The summed E-state index contributed by atoms with van der Waals surface area (Å²) in [6.07, 6.45) is 0.788. The second-order valence-corrected chi connectivity index (χ2v) is 7.38. The monoisotopic (exact) mass is 346 g/mol. The maximum absolute atomic E-state index is 12.9. The van der Waals surface area contributed by atoms with Crippen LogP contribution in [0.4, 0.5) is 4.39 Å². The number of hydrogen-bond acceptors (Lipinski definition) is 4. The first-order chi connectivity index (χ1) is 10.7. The molecular weight excluding hydrogens is 323 g/mol. The van der Waals surface area contributed by atoms with Crippen LogP contribution in [0.1, 0.15) is 20.3 Å². The van der Waals surface area contributed by atoms with Crippen molar-refractivity contribution in [3.63, 3.8) is 0 Å². The van der Waals surface area contributed by atoms with E-state index < -0.39 is 21.7 Å². The second-order valence-electron chi connectivity index (χ2n) is 5.34. The van der Waals surface area contributed by atoms with Crippen molar-refractivity contribution in [2.75, 3.05) is 26.7 Å². The molecule has 1 N–H and O–H groups in total. The molecule has 0 spiro atoms. The summed E-state index contributed by atoms with van der Waals surface area (Å²) in [5.74, 6) is -0.921. The molecule has 0 unspecified atom stereocenters. The Kier molecular flexibility index (Phi) is 7.60. The van der Waals surface area contributed by atoms with E-state index in [9.17, 15) is 17.6 Å². The van der Waals surface area contributed by atoms with E-state index in [1.165, 1.54) is 19.2 Å². The molecule has 0 aromatic heterocycles. The largest absolute Gasteiger partial charge is 0.379 e. The highest BCUT2D eigenvalue weighted by atomic mass is 32.2. The van der Waals surface area contributed by atoms with Gasteiger partial charge in [-0.05, 0) is 44.5 Å². The van der Waals surface area contributed by atoms with Crippen molar-refractivity contribution in [1.29, 1.82) is 0 Å². The molecular formula is C15H23FN2O4S. The summed E-state index contributed by atoms with van der Waals surface area (Å²) in [6.45, 7) is 4.49. The standard InChI is InChI=1S/C15H23FN2O4S/c1-12(2)22-10-4-9-17-15(19)11-18(3)23(20,21)14-7-5-13(16)6-8-14/h5-8,12H,4,9-11H2,1-3H3,(H,17,19). The number of sulfonamides is 1. The molecule has 0 saturated carbocycles. The van der Waals surface area contributed by atoms with Crippen LogP contribution in [0.2, 0.25) is 0 Å². The summed E-state index contributed by atoms with van der Waals surface area (Å²) in [5, 5.41) is 2.63. The third-order valence-electron chi connectivity index (χ3n) is 2.98. The third kappa shape index (κ3) is 6.64. The third-order valence-corrected chi connectivity index (χ3v) is 4.80. The molecule has 0 atom stereocenters. The first kappa shape index (κ1) is 19.5. The number of benzene rings is 1. The van der Waals surface area contributed by atoms with E-state index in [1.54, 1.807) is 0 Å². The van der Waals surface area contributed by atoms with Crippen molar-refractivity contribution >= 4 is 15.9 Å². The van der Waals surface area contributed by atoms with Gasteiger partial charge in [-0.1, -0.05) is 0 Å². The predicted molar refractivity (Wildman–Crippen MR) is 84.9 cm³/mol. The fraction of sp³-hybridized carbons (Fsp3) is 0.533. The number of hydrogen-bond donors (Lipinski definition) is 1. The van der Waals surface area contributed by atoms with Crippen molar-refractivity contribution < 1.29 is 22.3 Å². The van der Waals surface area contributed by atoms with Crippen LogP contribution in [0.25, 0.3) is 0 Å². The molecule has 0 heterocycles. The normalized spacial score (nSPS) is 11.9. The van der Waals surface area contributed by atoms with Gasteiger partial charge in [0.2, 0.25) is 15.9 Å². The molecule has 0 aliphatic rings. The fourth-order valence-electron chi connectivity index (χ4n) is 1.75. The Morgan fingerprint density at radius 2 is 1.91 bits per heavy atom. The molecule has 0 bridgehead atoms. The molecule has 8 heteroatoms. The molecule has 1 aromatic rings. The average molecular weight is 346 g/mol. The molecule has 0 radical (unpaired) electrons. The molecule has 23 heavy (non-hydrogen) atoms. The minimum Gasteiger partial charge on any atom is -0.379 e. The lowest BCUT2D eigenvalue weighted by molar-refractivity contribution is -0.121. The van der Waals surface area contributed by atoms with Crippen molar-refractivity contribution in [3.05, 3.63) is 30.1 Å². The van der Waals surface area contributed by atoms with Gasteiger partial charge >= 0.3 is 0 Å². The van der Waals surface area contributed by atoms with Gasteiger partial charge < -0.3 is 10.1 Å². The minimum atomic E-state index is -3.82. The number of carbonyl (C=O) groups excluding carboxylic acids is 1. The lowest BCUT2D eigenvalue weighted by Gasteiger charge is -2.17. The minimum absolute atomic E-state index is 0.0560. The number of nitrogens with zero attached hydrogens (tertiary/aromatic N) is 1. The Balaban J connectivity index is 2.46. The first-order valence-corrected chi connectivity index (χ1v) is 8.77. The maximum Gasteiger partial charge on any atom is 0.243 e. The molecule has 6 nitrogen and oxygen atoms in total. The van der Waals surface area contributed by atoms with Gasteiger partial charge in [0.1, 0.15) is 5.82 Å². The lowest BCUT2D eigenvalue weighted by Crippen LogP contribution is -2.38. The quantitative estimate of drug-likeness (QED) is 0.686. The molecule has 0 aliphatic heterocycles. The zero-order valence-corrected chi connectivity index (χ0v) is 14.4. The van der Waals surface area contributed by atoms with Crippen molar-refractivity contribution in [1.82, 2.24) is 9.62 Å². The van der Waals surface area contributed by atoms with Gasteiger partial charge in [0.15, 0.2) is 0 Å². The Morgan fingerprint density at radius 3 is 2.48 bits per heavy atom. The molecule has 1 rings (SSSR count). The summed E-state index contributed by atoms with van der Waals surface area (Å²) in [5.41, 5.74) is 0. The Hall–Kier alpha value is -1.51. The number of halogens is 1. The fourth-order valence-corrected chi connectivity index (χ4v) is 2.88. The van der Waals surface area contributed by atoms with Crippen LogP contribution in [0, 0.1) is 5.82 Å². The van der Waals surface area contributed by atoms with Crippen LogP contribution in [0.15, 0.2) is 29.2 Å². The van der Waals surface area contributed by atoms with Crippen molar-refractivity contribution in [3.8, 4) is 0 Å². The zero-order valence-electron chi connectivity index (χ0n) is 13.6. The topological polar surface area (TPSA) is 75.7 Å². The SMILES string of the molecule is CC(C)OCCCNC(=O)CN(C)S(=O)(=O)c1ccc(F)cc1. The summed E-state index contributed by atoms with van der Waals surface area (Å²) in [7, 11) is -2.51. The van der Waals surface area contributed by atoms with Gasteiger partial charge in [0, 0.05) is 20.2 Å². The number of amides is 1. The predicted octanol–water partition coefficient (Wildman–Crippen LogP) is 1.38. The molecule has 0 fully saturated rings. The van der Waals surface area contributed by atoms with E-state index in [1.807, 2.05) is 13.8 Å². The average Bonchev–Trinajstić information content (AvgIpc) is 2.46. The van der Waals surface area contributed by atoms with Gasteiger partial charge in [-0.2, -0.15) is 4.31 Å². The van der Waals surface area contributed by atoms with E-state index in [2.05, 4.69) is 5.32 Å². The zero-order chi connectivity index (χ0) is 17.5. The first-order valence-electron chi connectivity index (χ1n) is 7.33. The van der Waals surface area contributed by atoms with Crippen LogP contribution in [0.3, 0.4) is 0 Å². The van der Waals surface area contributed by atoms with Crippen LogP contribution in [-0.2, 0) is 19.6 Å². The lowest BCUT2D eigenvalue weighted by atomic mass is 10.4. The number of likely N-dealkylation sites (N-methyl/N-ethyl adjacent to an activating group) is 1. The van der Waals surface area contributed by atoms with Crippen LogP contribution in [-0.4, -0.2) is 51.5 Å². The van der Waals surface area contributed by atoms with Gasteiger partial charge in [-0.3, -0.25) is 4.79 Å². The van der Waals surface area contributed by atoms with Crippen molar-refractivity contribution in [2.45, 2.75) is 31.3 Å².